The number of nitrogens with zero attached hydrogens (tertiary/aromatic N) is 1. The van der Waals surface area contributed by atoms with Gasteiger partial charge in [0.05, 0.1) is 12.7 Å². The molecule has 1 fully saturated rings. The van der Waals surface area contributed by atoms with E-state index in [9.17, 15) is 14.4 Å². The zero-order chi connectivity index (χ0) is 16.1. The summed E-state index contributed by atoms with van der Waals surface area (Å²) in [6.45, 7) is 0. The number of carbonyl (C=O) groups excluding carboxylic acids is 2. The maximum Gasteiger partial charge on any atom is 0.317 e. The highest BCUT2D eigenvalue weighted by Gasteiger charge is 2.30. The molecule has 3 N–H and O–H groups in total. The van der Waals surface area contributed by atoms with Crippen molar-refractivity contribution < 1.29 is 24.2 Å². The summed E-state index contributed by atoms with van der Waals surface area (Å²) in [4.78, 5) is 34.4. The van der Waals surface area contributed by atoms with Gasteiger partial charge in [0.25, 0.3) is 5.91 Å². The number of amides is 2. The van der Waals surface area contributed by atoms with Crippen LogP contribution in [0, 0.1) is 0 Å². The predicted molar refractivity (Wildman–Crippen MR) is 79.7 cm³/mol. The van der Waals surface area contributed by atoms with E-state index in [0.29, 0.717) is 5.75 Å². The monoisotopic (exact) mass is 323 g/mol. The van der Waals surface area contributed by atoms with Crippen LogP contribution in [0.1, 0.15) is 16.8 Å². The second-order valence-corrected chi connectivity index (χ2v) is 5.45. The fourth-order valence-electron chi connectivity index (χ4n) is 1.73. The van der Waals surface area contributed by atoms with Crippen LogP contribution in [0.5, 0.6) is 5.75 Å². The van der Waals surface area contributed by atoms with E-state index in [1.54, 1.807) is 24.3 Å². The number of carboxylic acids is 1. The molecule has 0 bridgehead atoms. The molecule has 1 saturated heterocycles. The van der Waals surface area contributed by atoms with Gasteiger partial charge >= 0.3 is 5.97 Å². The molecule has 2 amide bonds. The van der Waals surface area contributed by atoms with E-state index < -0.39 is 23.0 Å². The van der Waals surface area contributed by atoms with Crippen molar-refractivity contribution in [2.75, 3.05) is 7.11 Å². The van der Waals surface area contributed by atoms with Crippen LogP contribution in [0.15, 0.2) is 29.4 Å². The molecule has 1 aromatic carbocycles. The Hall–Kier alpha value is -2.55. The van der Waals surface area contributed by atoms with Crippen LogP contribution in [-0.4, -0.2) is 40.4 Å². The van der Waals surface area contributed by atoms with Gasteiger partial charge in [0.15, 0.2) is 5.17 Å². The van der Waals surface area contributed by atoms with Crippen LogP contribution >= 0.6 is 11.8 Å². The number of aliphatic carboxylic acids is 1. The molecule has 0 spiro atoms. The number of benzene rings is 1. The largest absolute Gasteiger partial charge is 0.496 e. The lowest BCUT2D eigenvalue weighted by atomic mass is 10.2. The quantitative estimate of drug-likeness (QED) is 0.691. The summed E-state index contributed by atoms with van der Waals surface area (Å²) in [5, 5.41) is 14.2. The lowest BCUT2D eigenvalue weighted by Gasteiger charge is -2.19. The van der Waals surface area contributed by atoms with Crippen LogP contribution in [0.3, 0.4) is 0 Å². The average molecular weight is 323 g/mol. The molecule has 0 aliphatic carbocycles. The van der Waals surface area contributed by atoms with Gasteiger partial charge < -0.3 is 15.2 Å². The Kier molecular flexibility index (Phi) is 4.99. The molecule has 22 heavy (non-hydrogen) atoms. The maximum atomic E-state index is 12.0. The number of hydrogen-bond donors (Lipinski definition) is 3. The lowest BCUT2D eigenvalue weighted by Crippen LogP contribution is -2.41. The topological polar surface area (TPSA) is 117 Å². The van der Waals surface area contributed by atoms with E-state index in [-0.39, 0.29) is 17.2 Å². The van der Waals surface area contributed by atoms with Crippen molar-refractivity contribution in [3.05, 3.63) is 29.8 Å². The van der Waals surface area contributed by atoms with Crippen LogP contribution in [0.2, 0.25) is 0 Å². The fourth-order valence-corrected chi connectivity index (χ4v) is 2.61. The SMILES string of the molecule is COc1ccccc1C(=O)N/N=C1\NC(=O)CC(C(=O)O)S1. The molecule has 0 radical (unpaired) electrons. The summed E-state index contributed by atoms with van der Waals surface area (Å²) in [5.41, 5.74) is 2.54. The molecule has 0 saturated carbocycles. The minimum absolute atomic E-state index is 0.0342. The Morgan fingerprint density at radius 3 is 2.86 bits per heavy atom. The van der Waals surface area contributed by atoms with Crippen molar-refractivity contribution in [2.45, 2.75) is 11.7 Å². The number of hydrazone groups is 1. The van der Waals surface area contributed by atoms with Crippen LogP contribution < -0.4 is 15.5 Å². The van der Waals surface area contributed by atoms with Gasteiger partial charge in [-0.15, -0.1) is 5.10 Å². The Morgan fingerprint density at radius 1 is 1.45 bits per heavy atom. The Morgan fingerprint density at radius 2 is 2.18 bits per heavy atom. The number of nitrogens with one attached hydrogen (secondary N) is 2. The second kappa shape index (κ2) is 6.94. The first-order valence-electron chi connectivity index (χ1n) is 6.21. The molecule has 9 heteroatoms. The van der Waals surface area contributed by atoms with Crippen molar-refractivity contribution in [1.29, 1.82) is 0 Å². The number of rotatable bonds is 4. The third-order valence-electron chi connectivity index (χ3n) is 2.76. The first-order chi connectivity index (χ1) is 10.5. The molecule has 1 aromatic rings. The molecule has 1 aliphatic heterocycles. The third kappa shape index (κ3) is 3.76. The summed E-state index contributed by atoms with van der Waals surface area (Å²) >= 11 is 0.863. The molecule has 116 valence electrons. The molecule has 1 unspecified atom stereocenters. The molecular weight excluding hydrogens is 310 g/mol. The fraction of sp³-hybridized carbons (Fsp3) is 0.231. The Labute approximate surface area is 129 Å². The first-order valence-corrected chi connectivity index (χ1v) is 7.09. The van der Waals surface area contributed by atoms with E-state index in [0.717, 1.165) is 11.8 Å². The Balaban J connectivity index is 2.08. The molecule has 1 atom stereocenters. The van der Waals surface area contributed by atoms with Crippen LogP contribution in [0.25, 0.3) is 0 Å². The second-order valence-electron chi connectivity index (χ2n) is 4.26. The summed E-state index contributed by atoms with van der Waals surface area (Å²) in [6, 6.07) is 6.57. The number of ether oxygens (including phenoxy) is 1. The van der Waals surface area contributed by atoms with Crippen molar-refractivity contribution in [1.82, 2.24) is 10.7 Å². The molecule has 1 aliphatic rings. The van der Waals surface area contributed by atoms with Crippen molar-refractivity contribution in [2.24, 2.45) is 5.10 Å². The smallest absolute Gasteiger partial charge is 0.317 e. The third-order valence-corrected chi connectivity index (χ3v) is 3.83. The molecule has 8 nitrogen and oxygen atoms in total. The van der Waals surface area contributed by atoms with Gasteiger partial charge in [0.2, 0.25) is 5.91 Å². The summed E-state index contributed by atoms with van der Waals surface area (Å²) in [7, 11) is 1.44. The predicted octanol–water partition coefficient (Wildman–Crippen LogP) is 0.402. The zero-order valence-electron chi connectivity index (χ0n) is 11.5. The zero-order valence-corrected chi connectivity index (χ0v) is 12.3. The number of carbonyl (C=O) groups is 3. The number of carboxylic acid groups (broad SMARTS) is 1. The number of thioether (sulfide) groups is 1. The van der Waals surface area contributed by atoms with E-state index in [2.05, 4.69) is 15.8 Å². The van der Waals surface area contributed by atoms with Gasteiger partial charge in [-0.25, -0.2) is 5.43 Å². The lowest BCUT2D eigenvalue weighted by molar-refractivity contribution is -0.138. The van der Waals surface area contributed by atoms with E-state index in [1.165, 1.54) is 7.11 Å². The highest BCUT2D eigenvalue weighted by molar-refractivity contribution is 8.15. The number of para-hydroxylation sites is 1. The van der Waals surface area contributed by atoms with Crippen molar-refractivity contribution in [3.8, 4) is 5.75 Å². The van der Waals surface area contributed by atoms with E-state index >= 15 is 0 Å². The minimum atomic E-state index is -1.11. The van der Waals surface area contributed by atoms with Crippen LogP contribution in [0.4, 0.5) is 0 Å². The van der Waals surface area contributed by atoms with Gasteiger partial charge in [-0.1, -0.05) is 23.9 Å². The molecule has 1 heterocycles. The van der Waals surface area contributed by atoms with Gasteiger partial charge in [0, 0.05) is 6.42 Å². The highest BCUT2D eigenvalue weighted by Crippen LogP contribution is 2.21. The van der Waals surface area contributed by atoms with E-state index in [1.807, 2.05) is 0 Å². The van der Waals surface area contributed by atoms with Crippen LogP contribution in [-0.2, 0) is 9.59 Å². The Bertz CT molecular complexity index is 646. The minimum Gasteiger partial charge on any atom is -0.496 e. The van der Waals surface area contributed by atoms with Crippen molar-refractivity contribution >= 4 is 34.7 Å². The maximum absolute atomic E-state index is 12.0. The van der Waals surface area contributed by atoms with Gasteiger partial charge in [-0.2, -0.15) is 0 Å². The summed E-state index contributed by atoms with van der Waals surface area (Å²) in [6.07, 6.45) is -0.139. The standard InChI is InChI=1S/C13H13N3O5S/c1-21-8-5-3-2-4-7(8)11(18)15-16-13-14-10(17)6-9(22-13)12(19)20/h2-5,9H,6H2,1H3,(H,15,18)(H,19,20)(H,14,16,17). The summed E-state index contributed by atoms with van der Waals surface area (Å²) < 4.78 is 5.06. The molecule has 0 aromatic heterocycles. The van der Waals surface area contributed by atoms with Gasteiger partial charge in [0.1, 0.15) is 11.0 Å². The number of amidine groups is 1. The summed E-state index contributed by atoms with van der Waals surface area (Å²) in [5.74, 6) is -1.72. The average Bonchev–Trinajstić information content (AvgIpc) is 2.52. The molecule has 2 rings (SSSR count). The van der Waals surface area contributed by atoms with Crippen molar-refractivity contribution in [3.63, 3.8) is 0 Å². The number of methoxy groups -OCH3 is 1. The van der Waals surface area contributed by atoms with Gasteiger partial charge in [-0.3, -0.25) is 14.4 Å². The van der Waals surface area contributed by atoms with Gasteiger partial charge in [-0.05, 0) is 12.1 Å². The first kappa shape index (κ1) is 15.8. The number of hydrogen-bond acceptors (Lipinski definition) is 6. The highest BCUT2D eigenvalue weighted by atomic mass is 32.2. The normalized spacial score (nSPS) is 19.4. The van der Waals surface area contributed by atoms with E-state index in [4.69, 9.17) is 9.84 Å². The molecular formula is C13H13N3O5S.